The van der Waals surface area contributed by atoms with Crippen molar-refractivity contribution < 1.29 is 4.79 Å². The lowest BCUT2D eigenvalue weighted by Gasteiger charge is -2.01. The SMILES string of the molecule is Cc1ccc2[nH]c(CCCNC(=O)c3cn(CCN)nn3)nc2c1C. The Labute approximate surface area is 145 Å². The highest BCUT2D eigenvalue weighted by Gasteiger charge is 2.10. The van der Waals surface area contributed by atoms with Gasteiger partial charge < -0.3 is 16.0 Å². The summed E-state index contributed by atoms with van der Waals surface area (Å²) in [5.41, 5.74) is 10.3. The van der Waals surface area contributed by atoms with Crippen molar-refractivity contribution >= 4 is 16.9 Å². The van der Waals surface area contributed by atoms with Crippen molar-refractivity contribution in [3.05, 3.63) is 41.0 Å². The van der Waals surface area contributed by atoms with Crippen molar-refractivity contribution in [3.63, 3.8) is 0 Å². The van der Waals surface area contributed by atoms with Gasteiger partial charge in [0.1, 0.15) is 5.82 Å². The van der Waals surface area contributed by atoms with Gasteiger partial charge in [0.25, 0.3) is 5.91 Å². The van der Waals surface area contributed by atoms with E-state index < -0.39 is 0 Å². The molecule has 0 aliphatic rings. The van der Waals surface area contributed by atoms with Gasteiger partial charge in [-0.1, -0.05) is 11.3 Å². The minimum Gasteiger partial charge on any atom is -0.351 e. The number of benzene rings is 1. The molecule has 0 aliphatic carbocycles. The molecule has 132 valence electrons. The molecule has 0 unspecified atom stereocenters. The average Bonchev–Trinajstić information content (AvgIpc) is 3.22. The van der Waals surface area contributed by atoms with Crippen molar-refractivity contribution in [3.8, 4) is 0 Å². The first-order chi connectivity index (χ1) is 12.1. The van der Waals surface area contributed by atoms with Crippen LogP contribution in [0.1, 0.15) is 33.9 Å². The van der Waals surface area contributed by atoms with Crippen molar-refractivity contribution in [2.75, 3.05) is 13.1 Å². The topological polar surface area (TPSA) is 115 Å². The molecule has 1 aromatic carbocycles. The molecule has 0 aliphatic heterocycles. The molecule has 8 heteroatoms. The smallest absolute Gasteiger partial charge is 0.273 e. The number of carbonyl (C=O) groups excluding carboxylic acids is 1. The molecule has 25 heavy (non-hydrogen) atoms. The number of fused-ring (bicyclic) bond motifs is 1. The maximum Gasteiger partial charge on any atom is 0.273 e. The van der Waals surface area contributed by atoms with Crippen LogP contribution in [0.3, 0.4) is 0 Å². The van der Waals surface area contributed by atoms with E-state index in [1.54, 1.807) is 10.9 Å². The van der Waals surface area contributed by atoms with Crippen LogP contribution in [-0.4, -0.2) is 44.0 Å². The summed E-state index contributed by atoms with van der Waals surface area (Å²) in [6.45, 7) is 5.73. The number of rotatable bonds is 7. The summed E-state index contributed by atoms with van der Waals surface area (Å²) >= 11 is 0. The van der Waals surface area contributed by atoms with Crippen LogP contribution < -0.4 is 11.1 Å². The average molecular weight is 341 g/mol. The molecule has 4 N–H and O–H groups in total. The zero-order valence-electron chi connectivity index (χ0n) is 14.5. The number of aromatic nitrogens is 5. The fraction of sp³-hybridized carbons (Fsp3) is 0.412. The Balaban J connectivity index is 1.51. The van der Waals surface area contributed by atoms with Gasteiger partial charge in [0.15, 0.2) is 5.69 Å². The first-order valence-electron chi connectivity index (χ1n) is 8.41. The van der Waals surface area contributed by atoms with Gasteiger partial charge in [0.05, 0.1) is 23.8 Å². The lowest BCUT2D eigenvalue weighted by atomic mass is 10.1. The maximum absolute atomic E-state index is 12.0. The maximum atomic E-state index is 12.0. The van der Waals surface area contributed by atoms with Gasteiger partial charge in [-0.2, -0.15) is 0 Å². The van der Waals surface area contributed by atoms with E-state index >= 15 is 0 Å². The fourth-order valence-corrected chi connectivity index (χ4v) is 2.68. The number of carbonyl (C=O) groups is 1. The predicted molar refractivity (Wildman–Crippen MR) is 95.3 cm³/mol. The molecule has 0 radical (unpaired) electrons. The van der Waals surface area contributed by atoms with Crippen molar-refractivity contribution in [2.24, 2.45) is 5.73 Å². The van der Waals surface area contributed by atoms with Gasteiger partial charge in [-0.15, -0.1) is 5.10 Å². The highest BCUT2D eigenvalue weighted by atomic mass is 16.2. The van der Waals surface area contributed by atoms with E-state index in [2.05, 4.69) is 51.6 Å². The summed E-state index contributed by atoms with van der Waals surface area (Å²) in [5.74, 6) is 0.714. The summed E-state index contributed by atoms with van der Waals surface area (Å²) in [4.78, 5) is 20.0. The Morgan fingerprint density at radius 3 is 3.00 bits per heavy atom. The summed E-state index contributed by atoms with van der Waals surface area (Å²) in [5, 5.41) is 10.5. The third kappa shape index (κ3) is 3.85. The van der Waals surface area contributed by atoms with Gasteiger partial charge in [0.2, 0.25) is 0 Å². The number of amides is 1. The zero-order valence-corrected chi connectivity index (χ0v) is 14.5. The van der Waals surface area contributed by atoms with Gasteiger partial charge in [-0.3, -0.25) is 9.48 Å². The summed E-state index contributed by atoms with van der Waals surface area (Å²) in [6, 6.07) is 4.15. The summed E-state index contributed by atoms with van der Waals surface area (Å²) in [7, 11) is 0. The van der Waals surface area contributed by atoms with Gasteiger partial charge in [-0.25, -0.2) is 4.98 Å². The number of imidazole rings is 1. The predicted octanol–water partition coefficient (Wildman–Crippen LogP) is 1.09. The molecular formula is C17H23N7O. The fourth-order valence-electron chi connectivity index (χ4n) is 2.68. The van der Waals surface area contributed by atoms with Crippen molar-refractivity contribution in [2.45, 2.75) is 33.2 Å². The lowest BCUT2D eigenvalue weighted by molar-refractivity contribution is 0.0948. The Morgan fingerprint density at radius 2 is 2.20 bits per heavy atom. The monoisotopic (exact) mass is 341 g/mol. The highest BCUT2D eigenvalue weighted by Crippen LogP contribution is 2.19. The van der Waals surface area contributed by atoms with E-state index in [0.29, 0.717) is 25.3 Å². The summed E-state index contributed by atoms with van der Waals surface area (Å²) in [6.07, 6.45) is 3.17. The molecule has 0 atom stereocenters. The number of hydrogen-bond donors (Lipinski definition) is 3. The third-order valence-corrected chi connectivity index (χ3v) is 4.23. The van der Waals surface area contributed by atoms with Crippen LogP contribution in [0.25, 0.3) is 11.0 Å². The number of hydrogen-bond acceptors (Lipinski definition) is 5. The molecule has 0 saturated carbocycles. The number of aromatic amines is 1. The zero-order chi connectivity index (χ0) is 17.8. The minimum atomic E-state index is -0.223. The van der Waals surface area contributed by atoms with E-state index in [-0.39, 0.29) is 5.91 Å². The van der Waals surface area contributed by atoms with Crippen LogP contribution in [0.5, 0.6) is 0 Å². The van der Waals surface area contributed by atoms with Crippen LogP contribution in [0.15, 0.2) is 18.3 Å². The Morgan fingerprint density at radius 1 is 1.36 bits per heavy atom. The van der Waals surface area contributed by atoms with Crippen molar-refractivity contribution in [1.82, 2.24) is 30.3 Å². The largest absolute Gasteiger partial charge is 0.351 e. The molecule has 0 bridgehead atoms. The second-order valence-corrected chi connectivity index (χ2v) is 6.10. The standard InChI is InChI=1S/C17H23N7O/c1-11-5-6-13-16(12(11)2)21-15(20-13)4-3-8-19-17(25)14-10-24(9-7-18)23-22-14/h5-6,10H,3-4,7-9,18H2,1-2H3,(H,19,25)(H,20,21). The Bertz CT molecular complexity index is 880. The van der Waals surface area contributed by atoms with E-state index in [0.717, 1.165) is 29.7 Å². The quantitative estimate of drug-likeness (QED) is 0.557. The molecule has 8 nitrogen and oxygen atoms in total. The van der Waals surface area contributed by atoms with Crippen LogP contribution in [0.4, 0.5) is 0 Å². The molecule has 0 saturated heterocycles. The number of aryl methyl sites for hydroxylation is 3. The second kappa shape index (κ2) is 7.43. The van der Waals surface area contributed by atoms with Crippen LogP contribution in [0.2, 0.25) is 0 Å². The molecule has 1 amide bonds. The van der Waals surface area contributed by atoms with Gasteiger partial charge in [0, 0.05) is 19.5 Å². The van der Waals surface area contributed by atoms with Gasteiger partial charge in [-0.05, 0) is 37.5 Å². The molecule has 2 aromatic heterocycles. The van der Waals surface area contributed by atoms with E-state index in [9.17, 15) is 4.79 Å². The number of H-pyrrole nitrogens is 1. The van der Waals surface area contributed by atoms with E-state index in [4.69, 9.17) is 5.73 Å². The minimum absolute atomic E-state index is 0.223. The third-order valence-electron chi connectivity index (χ3n) is 4.23. The number of nitrogens with one attached hydrogen (secondary N) is 2. The normalized spacial score (nSPS) is 11.2. The number of nitrogens with zero attached hydrogens (tertiary/aromatic N) is 4. The van der Waals surface area contributed by atoms with Crippen LogP contribution in [0, 0.1) is 13.8 Å². The highest BCUT2D eigenvalue weighted by molar-refractivity contribution is 5.91. The van der Waals surface area contributed by atoms with Gasteiger partial charge >= 0.3 is 0 Å². The second-order valence-electron chi connectivity index (χ2n) is 6.10. The first kappa shape index (κ1) is 17.1. The molecule has 0 fully saturated rings. The van der Waals surface area contributed by atoms with Crippen LogP contribution in [-0.2, 0) is 13.0 Å². The Hall–Kier alpha value is -2.74. The van der Waals surface area contributed by atoms with E-state index in [1.807, 2.05) is 0 Å². The van der Waals surface area contributed by atoms with Crippen molar-refractivity contribution in [1.29, 1.82) is 0 Å². The molecule has 3 aromatic rings. The summed E-state index contributed by atoms with van der Waals surface area (Å²) < 4.78 is 1.56. The van der Waals surface area contributed by atoms with E-state index in [1.165, 1.54) is 11.1 Å². The molecule has 3 rings (SSSR count). The molecular weight excluding hydrogens is 318 g/mol. The number of nitrogens with two attached hydrogens (primary N) is 1. The molecule has 2 heterocycles. The van der Waals surface area contributed by atoms with Crippen LogP contribution >= 0.6 is 0 Å². The lowest BCUT2D eigenvalue weighted by Crippen LogP contribution is -2.25. The molecule has 0 spiro atoms. The first-order valence-corrected chi connectivity index (χ1v) is 8.41. The Kier molecular flexibility index (Phi) is 5.08.